The van der Waals surface area contributed by atoms with Crippen LogP contribution in [0, 0.1) is 0 Å². The molecule has 240 valence electrons. The van der Waals surface area contributed by atoms with Crippen molar-refractivity contribution >= 4 is 43.6 Å². The molecule has 0 bridgehead atoms. The van der Waals surface area contributed by atoms with Gasteiger partial charge < -0.3 is 0 Å². The zero-order valence-electron chi connectivity index (χ0n) is 28.0. The number of hydrogen-bond acceptors (Lipinski definition) is 4. The molecule has 52 heavy (non-hydrogen) atoms. The molecular weight excluding hydrogens is 633 g/mol. The molecule has 10 aromatic rings. The number of aromatic nitrogens is 4. The summed E-state index contributed by atoms with van der Waals surface area (Å²) in [5.41, 5.74) is 17.2. The second kappa shape index (κ2) is 11.2. The lowest BCUT2D eigenvalue weighted by Crippen LogP contribution is -1.98. The van der Waals surface area contributed by atoms with Crippen molar-refractivity contribution in [1.82, 2.24) is 19.9 Å². The molecule has 0 amide bonds. The molecule has 0 saturated carbocycles. The summed E-state index contributed by atoms with van der Waals surface area (Å²) in [6, 6.07) is 56.3. The Balaban J connectivity index is 1.13. The zero-order valence-corrected chi connectivity index (χ0v) is 28.0. The number of rotatable bonds is 2. The number of pyridine rings is 4. The number of benzene rings is 6. The Bertz CT molecular complexity index is 2880. The van der Waals surface area contributed by atoms with Crippen LogP contribution in [-0.4, -0.2) is 19.9 Å². The largest absolute Gasteiger partial charge is 0.254 e. The molecule has 6 aromatic carbocycles. The third-order valence-electron chi connectivity index (χ3n) is 10.5. The van der Waals surface area contributed by atoms with E-state index in [9.17, 15) is 0 Å². The van der Waals surface area contributed by atoms with Crippen LogP contribution in [0.1, 0.15) is 0 Å². The average molecular weight is 661 g/mol. The van der Waals surface area contributed by atoms with Crippen molar-refractivity contribution < 1.29 is 0 Å². The first-order valence-corrected chi connectivity index (χ1v) is 17.5. The van der Waals surface area contributed by atoms with Gasteiger partial charge in [-0.25, -0.2) is 9.97 Å². The average Bonchev–Trinajstić information content (AvgIpc) is 3.22. The van der Waals surface area contributed by atoms with Gasteiger partial charge in [0, 0.05) is 45.1 Å². The van der Waals surface area contributed by atoms with Gasteiger partial charge in [-0.3, -0.25) is 9.97 Å². The molecule has 0 radical (unpaired) electrons. The van der Waals surface area contributed by atoms with Crippen LogP contribution >= 0.6 is 0 Å². The maximum atomic E-state index is 5.21. The lowest BCUT2D eigenvalue weighted by Gasteiger charge is -2.24. The molecule has 0 fully saturated rings. The molecule has 11 rings (SSSR count). The molecule has 0 atom stereocenters. The van der Waals surface area contributed by atoms with E-state index in [1.807, 2.05) is 24.5 Å². The number of hydrogen-bond donors (Lipinski definition) is 0. The van der Waals surface area contributed by atoms with Crippen LogP contribution < -0.4 is 0 Å². The Morgan fingerprint density at radius 1 is 0.269 bits per heavy atom. The fourth-order valence-corrected chi connectivity index (χ4v) is 8.00. The van der Waals surface area contributed by atoms with Gasteiger partial charge in [-0.05, 0) is 80.9 Å². The van der Waals surface area contributed by atoms with E-state index in [1.165, 1.54) is 44.5 Å². The zero-order chi connectivity index (χ0) is 34.2. The van der Waals surface area contributed by atoms with Crippen LogP contribution in [0.2, 0.25) is 0 Å². The lowest BCUT2D eigenvalue weighted by molar-refractivity contribution is 1.37. The Morgan fingerprint density at radius 3 is 1.08 bits per heavy atom. The van der Waals surface area contributed by atoms with Gasteiger partial charge in [0.15, 0.2) is 0 Å². The Labute approximate surface area is 299 Å². The SMILES string of the molecule is c1ccc2c(c1)-c1ccccc1-c1cc(-c3ccc4ccc5cccnc5c4n3)ccc1-c1ccc(-c3ccc4ccc5cccnc5c4n3)cc1-2. The van der Waals surface area contributed by atoms with Crippen LogP contribution in [0.15, 0.2) is 170 Å². The second-order valence-electron chi connectivity index (χ2n) is 13.4. The van der Waals surface area contributed by atoms with Gasteiger partial charge in [0.05, 0.1) is 33.5 Å². The molecule has 0 spiro atoms. The van der Waals surface area contributed by atoms with E-state index in [0.717, 1.165) is 66.1 Å². The van der Waals surface area contributed by atoms with E-state index in [-0.39, 0.29) is 0 Å². The van der Waals surface area contributed by atoms with E-state index in [0.29, 0.717) is 0 Å². The van der Waals surface area contributed by atoms with E-state index >= 15 is 0 Å². The van der Waals surface area contributed by atoms with Crippen LogP contribution in [0.25, 0.3) is 111 Å². The fraction of sp³-hybridized carbons (Fsp3) is 0. The number of nitrogens with zero attached hydrogens (tertiary/aromatic N) is 4. The monoisotopic (exact) mass is 660 g/mol. The summed E-state index contributed by atoms with van der Waals surface area (Å²) in [6.07, 6.45) is 3.68. The highest BCUT2D eigenvalue weighted by Crippen LogP contribution is 2.49. The van der Waals surface area contributed by atoms with Gasteiger partial charge in [0.1, 0.15) is 0 Å². The molecule has 4 aromatic heterocycles. The highest BCUT2D eigenvalue weighted by Gasteiger charge is 2.23. The summed E-state index contributed by atoms with van der Waals surface area (Å²) >= 11 is 0. The molecule has 4 nitrogen and oxygen atoms in total. The van der Waals surface area contributed by atoms with Crippen molar-refractivity contribution in [1.29, 1.82) is 0 Å². The topological polar surface area (TPSA) is 51.6 Å². The van der Waals surface area contributed by atoms with E-state index in [1.54, 1.807) is 0 Å². The Kier molecular flexibility index (Phi) is 6.22. The van der Waals surface area contributed by atoms with Crippen LogP contribution in [0.3, 0.4) is 0 Å². The molecule has 1 aliphatic rings. The summed E-state index contributed by atoms with van der Waals surface area (Å²) in [5, 5.41) is 4.34. The minimum Gasteiger partial charge on any atom is -0.254 e. The Hall–Kier alpha value is -7.04. The maximum Gasteiger partial charge on any atom is 0.0972 e. The molecule has 4 heteroatoms. The summed E-state index contributed by atoms with van der Waals surface area (Å²) in [6.45, 7) is 0. The molecule has 0 aliphatic heterocycles. The molecular formula is C48H28N4. The van der Waals surface area contributed by atoms with Gasteiger partial charge in [-0.15, -0.1) is 0 Å². The highest BCUT2D eigenvalue weighted by atomic mass is 14.8. The highest BCUT2D eigenvalue weighted by molar-refractivity contribution is 6.07. The third kappa shape index (κ3) is 4.41. The van der Waals surface area contributed by atoms with Crippen molar-refractivity contribution in [2.24, 2.45) is 0 Å². The van der Waals surface area contributed by atoms with Gasteiger partial charge in [0.25, 0.3) is 0 Å². The quantitative estimate of drug-likeness (QED) is 0.173. The first-order valence-electron chi connectivity index (χ1n) is 17.5. The smallest absolute Gasteiger partial charge is 0.0972 e. The van der Waals surface area contributed by atoms with Crippen molar-refractivity contribution in [2.75, 3.05) is 0 Å². The van der Waals surface area contributed by atoms with Crippen LogP contribution in [0.4, 0.5) is 0 Å². The van der Waals surface area contributed by atoms with Crippen LogP contribution in [-0.2, 0) is 0 Å². The number of fused-ring (bicyclic) bond motifs is 14. The predicted molar refractivity (Wildman–Crippen MR) is 214 cm³/mol. The third-order valence-corrected chi connectivity index (χ3v) is 10.5. The first kappa shape index (κ1) is 28.8. The van der Waals surface area contributed by atoms with Crippen LogP contribution in [0.5, 0.6) is 0 Å². The minimum absolute atomic E-state index is 0.917. The first-order chi connectivity index (χ1) is 25.8. The van der Waals surface area contributed by atoms with Gasteiger partial charge in [-0.1, -0.05) is 121 Å². The van der Waals surface area contributed by atoms with Crippen molar-refractivity contribution in [3.63, 3.8) is 0 Å². The van der Waals surface area contributed by atoms with Crippen molar-refractivity contribution in [3.8, 4) is 67.0 Å². The molecule has 4 heterocycles. The minimum atomic E-state index is 0.917. The van der Waals surface area contributed by atoms with E-state index in [4.69, 9.17) is 19.9 Å². The fourth-order valence-electron chi connectivity index (χ4n) is 8.00. The molecule has 0 saturated heterocycles. The molecule has 1 aliphatic carbocycles. The summed E-state index contributed by atoms with van der Waals surface area (Å²) in [4.78, 5) is 19.8. The van der Waals surface area contributed by atoms with Gasteiger partial charge in [0.2, 0.25) is 0 Å². The van der Waals surface area contributed by atoms with Crippen molar-refractivity contribution in [2.45, 2.75) is 0 Å². The van der Waals surface area contributed by atoms with Gasteiger partial charge in [-0.2, -0.15) is 0 Å². The molecule has 0 N–H and O–H groups in total. The maximum absolute atomic E-state index is 5.21. The molecule has 0 unspecified atom stereocenters. The van der Waals surface area contributed by atoms with Gasteiger partial charge >= 0.3 is 0 Å². The van der Waals surface area contributed by atoms with Crippen molar-refractivity contribution in [3.05, 3.63) is 170 Å². The summed E-state index contributed by atoms with van der Waals surface area (Å²) < 4.78 is 0. The lowest BCUT2D eigenvalue weighted by atomic mass is 9.79. The predicted octanol–water partition coefficient (Wildman–Crippen LogP) is 12.2. The van der Waals surface area contributed by atoms with E-state index < -0.39 is 0 Å². The standard InChI is InChI=1S/C48H28N4/c1-3-11-37-35(9-1)36-10-2-4-12-38(36)42-28-34(44-24-20-32-16-14-30-8-6-26-50-46(30)48(32)52-44)18-22-40(42)39-21-17-33(27-41(37)39)43-23-19-31-15-13-29-7-5-25-49-45(29)47(31)51-43/h1-28H. The normalized spacial score (nSPS) is 11.8. The summed E-state index contributed by atoms with van der Waals surface area (Å²) in [5.74, 6) is 0. The second-order valence-corrected chi connectivity index (χ2v) is 13.4. The Morgan fingerprint density at radius 2 is 0.635 bits per heavy atom. The van der Waals surface area contributed by atoms with E-state index in [2.05, 4.69) is 146 Å². The summed E-state index contributed by atoms with van der Waals surface area (Å²) in [7, 11) is 0.